The number of nitrogen functional groups attached to an aromatic ring is 1. The molecule has 3 N–H and O–H groups in total. The van der Waals surface area contributed by atoms with Crippen molar-refractivity contribution >= 4 is 15.7 Å². The Labute approximate surface area is 119 Å². The molecule has 20 heavy (non-hydrogen) atoms. The van der Waals surface area contributed by atoms with E-state index in [2.05, 4.69) is 4.72 Å². The SMILES string of the molecule is CN(C)C1(CNS(=O)(=O)c2cc(N)cc(F)c2)CCC1. The Morgan fingerprint density at radius 2 is 2.00 bits per heavy atom. The van der Waals surface area contributed by atoms with Crippen molar-refractivity contribution in [2.24, 2.45) is 0 Å². The number of nitrogens with zero attached hydrogens (tertiary/aromatic N) is 1. The number of rotatable bonds is 5. The van der Waals surface area contributed by atoms with Crippen molar-refractivity contribution < 1.29 is 12.8 Å². The van der Waals surface area contributed by atoms with Crippen LogP contribution in [0.3, 0.4) is 0 Å². The molecule has 1 aliphatic carbocycles. The molecule has 112 valence electrons. The van der Waals surface area contributed by atoms with E-state index >= 15 is 0 Å². The fourth-order valence-electron chi connectivity index (χ4n) is 2.42. The van der Waals surface area contributed by atoms with Crippen LogP contribution in [0, 0.1) is 5.82 Å². The zero-order valence-electron chi connectivity index (χ0n) is 11.7. The largest absolute Gasteiger partial charge is 0.399 e. The van der Waals surface area contributed by atoms with E-state index < -0.39 is 15.8 Å². The number of halogens is 1. The lowest BCUT2D eigenvalue weighted by molar-refractivity contribution is 0.0657. The third-order valence-electron chi connectivity index (χ3n) is 4.03. The van der Waals surface area contributed by atoms with Crippen LogP contribution in [0.1, 0.15) is 19.3 Å². The summed E-state index contributed by atoms with van der Waals surface area (Å²) in [5, 5.41) is 0. The molecular formula is C13H20FN3O2S. The van der Waals surface area contributed by atoms with Crippen LogP contribution in [0.25, 0.3) is 0 Å². The van der Waals surface area contributed by atoms with Gasteiger partial charge in [-0.05, 0) is 51.6 Å². The van der Waals surface area contributed by atoms with Gasteiger partial charge in [-0.1, -0.05) is 0 Å². The number of hydrogen-bond donors (Lipinski definition) is 2. The summed E-state index contributed by atoms with van der Waals surface area (Å²) in [6.07, 6.45) is 2.99. The van der Waals surface area contributed by atoms with Crippen molar-refractivity contribution in [2.75, 3.05) is 26.4 Å². The molecule has 0 aromatic heterocycles. The molecular weight excluding hydrogens is 281 g/mol. The van der Waals surface area contributed by atoms with Crippen LogP contribution in [0.5, 0.6) is 0 Å². The second-order valence-corrected chi connectivity index (χ2v) is 7.28. The number of nitrogens with one attached hydrogen (secondary N) is 1. The van der Waals surface area contributed by atoms with Crippen LogP contribution in [-0.4, -0.2) is 39.5 Å². The first-order chi connectivity index (χ1) is 9.25. The van der Waals surface area contributed by atoms with Crippen molar-refractivity contribution in [2.45, 2.75) is 29.7 Å². The minimum Gasteiger partial charge on any atom is -0.399 e. The number of benzene rings is 1. The normalized spacial score (nSPS) is 18.0. The van der Waals surface area contributed by atoms with Gasteiger partial charge in [-0.15, -0.1) is 0 Å². The highest BCUT2D eigenvalue weighted by atomic mass is 32.2. The van der Waals surface area contributed by atoms with Crippen LogP contribution >= 0.6 is 0 Å². The fraction of sp³-hybridized carbons (Fsp3) is 0.538. The first kappa shape index (κ1) is 15.2. The fourth-order valence-corrected chi connectivity index (χ4v) is 3.60. The Hall–Kier alpha value is -1.18. The van der Waals surface area contributed by atoms with Gasteiger partial charge in [0.2, 0.25) is 10.0 Å². The van der Waals surface area contributed by atoms with Crippen LogP contribution < -0.4 is 10.5 Å². The van der Waals surface area contributed by atoms with Gasteiger partial charge in [-0.3, -0.25) is 0 Å². The molecule has 0 aliphatic heterocycles. The molecule has 0 radical (unpaired) electrons. The Kier molecular flexibility index (Phi) is 4.04. The number of likely N-dealkylation sites (N-methyl/N-ethyl adjacent to an activating group) is 1. The van der Waals surface area contributed by atoms with Gasteiger partial charge in [-0.25, -0.2) is 17.5 Å². The summed E-state index contributed by atoms with van der Waals surface area (Å²) in [4.78, 5) is 1.90. The van der Waals surface area contributed by atoms with E-state index in [1.165, 1.54) is 6.07 Å². The molecule has 0 bridgehead atoms. The van der Waals surface area contributed by atoms with E-state index in [9.17, 15) is 12.8 Å². The summed E-state index contributed by atoms with van der Waals surface area (Å²) < 4.78 is 40.2. The third kappa shape index (κ3) is 2.94. The van der Waals surface area contributed by atoms with E-state index in [-0.39, 0.29) is 16.1 Å². The van der Waals surface area contributed by atoms with Gasteiger partial charge in [0.05, 0.1) is 4.90 Å². The Bertz CT molecular complexity index is 577. The second kappa shape index (κ2) is 5.31. The lowest BCUT2D eigenvalue weighted by Gasteiger charge is -2.47. The van der Waals surface area contributed by atoms with Gasteiger partial charge in [-0.2, -0.15) is 0 Å². The average Bonchev–Trinajstić information content (AvgIpc) is 2.25. The van der Waals surface area contributed by atoms with Gasteiger partial charge in [0, 0.05) is 17.8 Å². The highest BCUT2D eigenvalue weighted by Gasteiger charge is 2.39. The van der Waals surface area contributed by atoms with Gasteiger partial charge in [0.25, 0.3) is 0 Å². The minimum atomic E-state index is -3.74. The van der Waals surface area contributed by atoms with E-state index in [0.29, 0.717) is 6.54 Å². The second-order valence-electron chi connectivity index (χ2n) is 5.52. The molecule has 5 nitrogen and oxygen atoms in total. The Balaban J connectivity index is 2.15. The van der Waals surface area contributed by atoms with Crippen molar-refractivity contribution in [1.82, 2.24) is 9.62 Å². The number of anilines is 1. The molecule has 0 spiro atoms. The highest BCUT2D eigenvalue weighted by molar-refractivity contribution is 7.89. The van der Waals surface area contributed by atoms with E-state index in [1.54, 1.807) is 0 Å². The maximum atomic E-state index is 13.3. The maximum absolute atomic E-state index is 13.3. The highest BCUT2D eigenvalue weighted by Crippen LogP contribution is 2.35. The monoisotopic (exact) mass is 301 g/mol. The van der Waals surface area contributed by atoms with Gasteiger partial charge < -0.3 is 10.6 Å². The van der Waals surface area contributed by atoms with E-state index in [0.717, 1.165) is 31.4 Å². The Morgan fingerprint density at radius 1 is 1.35 bits per heavy atom. The molecule has 0 heterocycles. The van der Waals surface area contributed by atoms with Gasteiger partial charge in [0.1, 0.15) is 5.82 Å². The van der Waals surface area contributed by atoms with Gasteiger partial charge >= 0.3 is 0 Å². The molecule has 0 atom stereocenters. The van der Waals surface area contributed by atoms with Crippen LogP contribution in [0.2, 0.25) is 0 Å². The molecule has 1 aromatic rings. The molecule has 1 fully saturated rings. The zero-order chi connectivity index (χ0) is 15.0. The molecule has 1 aliphatic rings. The number of hydrogen-bond acceptors (Lipinski definition) is 4. The predicted octanol–water partition coefficient (Wildman–Crippen LogP) is 1.17. The number of nitrogens with two attached hydrogens (primary N) is 1. The molecule has 1 saturated carbocycles. The van der Waals surface area contributed by atoms with Crippen molar-refractivity contribution in [3.05, 3.63) is 24.0 Å². The molecule has 2 rings (SSSR count). The lowest BCUT2D eigenvalue weighted by Crippen LogP contribution is -2.57. The average molecular weight is 301 g/mol. The minimum absolute atomic E-state index is 0.0938. The summed E-state index contributed by atoms with van der Waals surface area (Å²) in [5.41, 5.74) is 5.44. The predicted molar refractivity (Wildman–Crippen MR) is 76.3 cm³/mol. The molecule has 0 amide bonds. The van der Waals surface area contributed by atoms with Crippen molar-refractivity contribution in [3.8, 4) is 0 Å². The van der Waals surface area contributed by atoms with E-state index in [1.807, 2.05) is 19.0 Å². The Morgan fingerprint density at radius 3 is 2.45 bits per heavy atom. The standard InChI is InChI=1S/C13H20FN3O2S/c1-17(2)13(4-3-5-13)9-16-20(18,19)12-7-10(14)6-11(15)8-12/h6-8,16H,3-5,9,15H2,1-2H3. The molecule has 0 unspecified atom stereocenters. The quantitative estimate of drug-likeness (QED) is 0.801. The van der Waals surface area contributed by atoms with Crippen LogP contribution in [0.4, 0.5) is 10.1 Å². The van der Waals surface area contributed by atoms with Crippen molar-refractivity contribution in [1.29, 1.82) is 0 Å². The smallest absolute Gasteiger partial charge is 0.240 e. The van der Waals surface area contributed by atoms with Crippen LogP contribution in [0.15, 0.2) is 23.1 Å². The van der Waals surface area contributed by atoms with Gasteiger partial charge in [0.15, 0.2) is 0 Å². The van der Waals surface area contributed by atoms with Crippen molar-refractivity contribution in [3.63, 3.8) is 0 Å². The first-order valence-electron chi connectivity index (χ1n) is 6.48. The number of sulfonamides is 1. The summed E-state index contributed by atoms with van der Waals surface area (Å²) >= 11 is 0. The summed E-state index contributed by atoms with van der Waals surface area (Å²) in [7, 11) is 0.131. The summed E-state index contributed by atoms with van der Waals surface area (Å²) in [6, 6.07) is 3.32. The van der Waals surface area contributed by atoms with Crippen LogP contribution in [-0.2, 0) is 10.0 Å². The molecule has 0 saturated heterocycles. The third-order valence-corrected chi connectivity index (χ3v) is 5.41. The topological polar surface area (TPSA) is 75.4 Å². The first-order valence-corrected chi connectivity index (χ1v) is 7.97. The summed E-state index contributed by atoms with van der Waals surface area (Å²) in [5.74, 6) is -0.656. The molecule has 1 aromatic carbocycles. The molecule has 7 heteroatoms. The van der Waals surface area contributed by atoms with E-state index in [4.69, 9.17) is 5.73 Å². The maximum Gasteiger partial charge on any atom is 0.240 e. The lowest BCUT2D eigenvalue weighted by atomic mass is 9.76. The summed E-state index contributed by atoms with van der Waals surface area (Å²) in [6.45, 7) is 0.318. The zero-order valence-corrected chi connectivity index (χ0v) is 12.5.